The topological polar surface area (TPSA) is 112 Å². The summed E-state index contributed by atoms with van der Waals surface area (Å²) in [5.74, 6) is -0.966. The van der Waals surface area contributed by atoms with E-state index in [4.69, 9.17) is 18.9 Å². The molecule has 0 aliphatic rings. The predicted molar refractivity (Wildman–Crippen MR) is 89.5 cm³/mol. The van der Waals surface area contributed by atoms with Crippen LogP contribution in [0.3, 0.4) is 0 Å². The molecule has 0 saturated carbocycles. The highest BCUT2D eigenvalue weighted by Gasteiger charge is 2.12. The van der Waals surface area contributed by atoms with Gasteiger partial charge in [-0.15, -0.1) is 0 Å². The molecule has 0 aromatic rings. The third-order valence-electron chi connectivity index (χ3n) is 2.56. The molecule has 0 fully saturated rings. The van der Waals surface area contributed by atoms with Crippen molar-refractivity contribution in [2.24, 2.45) is 0 Å². The van der Waals surface area contributed by atoms with E-state index in [9.17, 15) is 19.8 Å². The van der Waals surface area contributed by atoms with Gasteiger partial charge in [-0.3, -0.25) is 0 Å². The minimum Gasteiger partial charge on any atom is -0.493 e. The lowest BCUT2D eigenvalue weighted by atomic mass is 10.3. The molecule has 0 aliphatic heterocycles. The molecule has 0 heterocycles. The summed E-state index contributed by atoms with van der Waals surface area (Å²) in [6.07, 6.45) is -2.02. The summed E-state index contributed by atoms with van der Waals surface area (Å²) in [7, 11) is 0. The van der Waals surface area contributed by atoms with Crippen molar-refractivity contribution in [2.75, 3.05) is 33.0 Å². The Hall–Kier alpha value is -2.16. The second kappa shape index (κ2) is 12.2. The first-order valence-electron chi connectivity index (χ1n) is 7.53. The van der Waals surface area contributed by atoms with Crippen LogP contribution < -0.4 is 0 Å². The van der Waals surface area contributed by atoms with Gasteiger partial charge in [-0.2, -0.15) is 0 Å². The molecule has 8 nitrogen and oxygen atoms in total. The van der Waals surface area contributed by atoms with E-state index in [0.29, 0.717) is 0 Å². The van der Waals surface area contributed by atoms with Crippen molar-refractivity contribution in [1.29, 1.82) is 0 Å². The summed E-state index contributed by atoms with van der Waals surface area (Å²) in [4.78, 5) is 22.3. The Morgan fingerprint density at radius 3 is 1.64 bits per heavy atom. The largest absolute Gasteiger partial charge is 0.493 e. The minimum absolute atomic E-state index is 0.0240. The molecule has 0 saturated heterocycles. The lowest BCUT2D eigenvalue weighted by molar-refractivity contribution is -0.144. The Labute approximate surface area is 147 Å². The smallest absolute Gasteiger partial charge is 0.333 e. The van der Waals surface area contributed by atoms with Crippen molar-refractivity contribution in [1.82, 2.24) is 0 Å². The monoisotopic (exact) mass is 358 g/mol. The molecule has 2 N–H and O–H groups in total. The maximum absolute atomic E-state index is 11.2. The van der Waals surface area contributed by atoms with Gasteiger partial charge in [0, 0.05) is 11.1 Å². The van der Waals surface area contributed by atoms with Crippen molar-refractivity contribution in [3.8, 4) is 0 Å². The summed E-state index contributed by atoms with van der Waals surface area (Å²) in [5.41, 5.74) is 0.473. The summed E-state index contributed by atoms with van der Waals surface area (Å²) >= 11 is 0. The predicted octanol–water partition coefficient (Wildman–Crippen LogP) is 0.494. The van der Waals surface area contributed by atoms with Crippen LogP contribution in [0.4, 0.5) is 0 Å². The molecule has 25 heavy (non-hydrogen) atoms. The van der Waals surface area contributed by atoms with E-state index >= 15 is 0 Å². The molecule has 0 amide bonds. The Balaban J connectivity index is 3.79. The van der Waals surface area contributed by atoms with Gasteiger partial charge in [0.25, 0.3) is 0 Å². The van der Waals surface area contributed by atoms with Crippen LogP contribution >= 0.6 is 0 Å². The fraction of sp³-hybridized carbons (Fsp3) is 0.529. The molecule has 0 aliphatic carbocycles. The fourth-order valence-corrected chi connectivity index (χ4v) is 1.25. The number of carbonyl (C=O) groups excluding carboxylic acids is 2. The van der Waals surface area contributed by atoms with Gasteiger partial charge >= 0.3 is 11.9 Å². The van der Waals surface area contributed by atoms with Crippen LogP contribution in [0.25, 0.3) is 0 Å². The SMILES string of the molecule is C=C(COCC(O)COC(=O)C(=C)C)OCC(O)COC(=O)C(=C)C. The number of aliphatic hydroxyl groups excluding tert-OH is 2. The van der Waals surface area contributed by atoms with Crippen molar-refractivity contribution in [3.63, 3.8) is 0 Å². The zero-order valence-electron chi connectivity index (χ0n) is 14.7. The number of aliphatic hydroxyl groups is 2. The average molecular weight is 358 g/mol. The van der Waals surface area contributed by atoms with Crippen LogP contribution in [0.5, 0.6) is 0 Å². The number of ether oxygens (including phenoxy) is 4. The highest BCUT2D eigenvalue weighted by molar-refractivity contribution is 5.87. The molecule has 0 spiro atoms. The zero-order chi connectivity index (χ0) is 19.4. The van der Waals surface area contributed by atoms with E-state index < -0.39 is 24.1 Å². The zero-order valence-corrected chi connectivity index (χ0v) is 14.7. The molecular weight excluding hydrogens is 332 g/mol. The van der Waals surface area contributed by atoms with Crippen molar-refractivity contribution in [2.45, 2.75) is 26.1 Å². The normalized spacial score (nSPS) is 12.6. The molecule has 0 aromatic heterocycles. The number of rotatable bonds is 13. The van der Waals surface area contributed by atoms with Gasteiger partial charge in [0.1, 0.15) is 44.4 Å². The summed E-state index contributed by atoms with van der Waals surface area (Å²) in [5, 5.41) is 19.2. The van der Waals surface area contributed by atoms with Gasteiger partial charge in [-0.25, -0.2) is 9.59 Å². The first-order chi connectivity index (χ1) is 11.6. The van der Waals surface area contributed by atoms with E-state index in [1.165, 1.54) is 13.8 Å². The maximum Gasteiger partial charge on any atom is 0.333 e. The Bertz CT molecular complexity index is 497. The highest BCUT2D eigenvalue weighted by atomic mass is 16.6. The number of hydrogen-bond donors (Lipinski definition) is 2. The fourth-order valence-electron chi connectivity index (χ4n) is 1.25. The Morgan fingerprint density at radius 1 is 0.800 bits per heavy atom. The Morgan fingerprint density at radius 2 is 1.20 bits per heavy atom. The summed E-state index contributed by atoms with van der Waals surface area (Å²) in [6, 6.07) is 0. The van der Waals surface area contributed by atoms with Gasteiger partial charge < -0.3 is 29.2 Å². The van der Waals surface area contributed by atoms with Crippen LogP contribution in [0.2, 0.25) is 0 Å². The van der Waals surface area contributed by atoms with Gasteiger partial charge in [0.05, 0.1) is 6.61 Å². The van der Waals surface area contributed by atoms with Crippen LogP contribution in [0.1, 0.15) is 13.8 Å². The van der Waals surface area contributed by atoms with Crippen LogP contribution in [-0.4, -0.2) is 67.4 Å². The maximum atomic E-state index is 11.2. The van der Waals surface area contributed by atoms with E-state index in [1.54, 1.807) is 0 Å². The molecule has 142 valence electrons. The molecule has 0 bridgehead atoms. The number of esters is 2. The molecule has 0 rings (SSSR count). The molecule has 8 heteroatoms. The summed E-state index contributed by atoms with van der Waals surface area (Å²) < 4.78 is 19.8. The van der Waals surface area contributed by atoms with Crippen molar-refractivity contribution < 1.29 is 38.7 Å². The first-order valence-corrected chi connectivity index (χ1v) is 7.53. The highest BCUT2D eigenvalue weighted by Crippen LogP contribution is 2.01. The lowest BCUT2D eigenvalue weighted by Crippen LogP contribution is -2.26. The Kier molecular flexibility index (Phi) is 11.2. The first kappa shape index (κ1) is 22.8. The summed E-state index contributed by atoms with van der Waals surface area (Å²) in [6.45, 7) is 12.7. The molecule has 0 aromatic carbocycles. The van der Waals surface area contributed by atoms with Gasteiger partial charge in [0.2, 0.25) is 0 Å². The van der Waals surface area contributed by atoms with Gasteiger partial charge in [-0.05, 0) is 13.8 Å². The second-order valence-electron chi connectivity index (χ2n) is 5.43. The second-order valence-corrected chi connectivity index (χ2v) is 5.43. The number of carbonyl (C=O) groups is 2. The van der Waals surface area contributed by atoms with Crippen LogP contribution in [0, 0.1) is 0 Å². The van der Waals surface area contributed by atoms with Crippen molar-refractivity contribution in [3.05, 3.63) is 36.6 Å². The third-order valence-corrected chi connectivity index (χ3v) is 2.56. The van der Waals surface area contributed by atoms with Crippen LogP contribution in [-0.2, 0) is 28.5 Å². The van der Waals surface area contributed by atoms with Crippen LogP contribution in [0.15, 0.2) is 36.6 Å². The molecular formula is C17H26O8. The van der Waals surface area contributed by atoms with Gasteiger partial charge in [-0.1, -0.05) is 19.7 Å². The van der Waals surface area contributed by atoms with E-state index in [1.807, 2.05) is 0 Å². The average Bonchev–Trinajstić information content (AvgIpc) is 2.55. The van der Waals surface area contributed by atoms with Crippen molar-refractivity contribution >= 4 is 11.9 Å². The van der Waals surface area contributed by atoms with Gasteiger partial charge in [0.15, 0.2) is 0 Å². The molecule has 2 atom stereocenters. The quantitative estimate of drug-likeness (QED) is 0.278. The standard InChI is InChI=1S/C17H26O8/c1-11(2)16(20)24-9-14(18)7-22-6-13(5)23-8-15(19)10-25-17(21)12(3)4/h14-15,18-19H,1,3,5-10H2,2,4H3. The van der Waals surface area contributed by atoms with E-state index in [0.717, 1.165) is 0 Å². The van der Waals surface area contributed by atoms with E-state index in [2.05, 4.69) is 19.7 Å². The lowest BCUT2D eigenvalue weighted by Gasteiger charge is -2.15. The molecule has 2 unspecified atom stereocenters. The van der Waals surface area contributed by atoms with E-state index in [-0.39, 0.29) is 49.9 Å². The third kappa shape index (κ3) is 11.9. The number of hydrogen-bond acceptors (Lipinski definition) is 8. The minimum atomic E-state index is -1.02. The molecule has 0 radical (unpaired) electrons.